The Morgan fingerprint density at radius 2 is 1.96 bits per heavy atom. The first-order valence-corrected chi connectivity index (χ1v) is 8.55. The van der Waals surface area contributed by atoms with Gasteiger partial charge in [0.15, 0.2) is 5.82 Å². The quantitative estimate of drug-likeness (QED) is 0.772. The number of carbonyl (C=O) groups excluding carboxylic acids is 1. The summed E-state index contributed by atoms with van der Waals surface area (Å²) in [6.07, 6.45) is 2.24. The minimum Gasteiger partial charge on any atom is -0.360 e. The maximum atomic E-state index is 12.1. The molecule has 0 fully saturated rings. The Kier molecular flexibility index (Phi) is 6.55. The largest absolute Gasteiger partial charge is 0.360 e. The van der Waals surface area contributed by atoms with Gasteiger partial charge < -0.3 is 15.2 Å². The minimum absolute atomic E-state index is 0.128. The van der Waals surface area contributed by atoms with E-state index >= 15 is 0 Å². The van der Waals surface area contributed by atoms with Crippen LogP contribution in [0, 0.1) is 12.8 Å². The number of nitrogens with zero attached hydrogens (tertiary/aromatic N) is 1. The Labute approximate surface area is 143 Å². The van der Waals surface area contributed by atoms with Gasteiger partial charge in [-0.3, -0.25) is 4.79 Å². The fraction of sp³-hybridized carbons (Fsp3) is 0.474. The molecule has 0 spiro atoms. The summed E-state index contributed by atoms with van der Waals surface area (Å²) in [5.74, 6) is 1.37. The molecule has 0 saturated heterocycles. The normalized spacial score (nSPS) is 12.4. The molecule has 0 bridgehead atoms. The van der Waals surface area contributed by atoms with Crippen LogP contribution in [0.1, 0.15) is 50.1 Å². The highest BCUT2D eigenvalue weighted by Gasteiger charge is 2.17. The smallest absolute Gasteiger partial charge is 0.239 e. The van der Waals surface area contributed by atoms with E-state index in [1.807, 2.05) is 0 Å². The fourth-order valence-corrected chi connectivity index (χ4v) is 2.73. The molecular formula is C19H27N3O2. The number of aromatic nitrogens is 1. The topological polar surface area (TPSA) is 67.2 Å². The van der Waals surface area contributed by atoms with Crippen LogP contribution in [0.2, 0.25) is 0 Å². The molecule has 1 aromatic carbocycles. The molecular weight excluding hydrogens is 302 g/mol. The van der Waals surface area contributed by atoms with E-state index in [4.69, 9.17) is 4.52 Å². The molecule has 0 unspecified atom stereocenters. The highest BCUT2D eigenvalue weighted by atomic mass is 16.5. The Morgan fingerprint density at radius 1 is 1.25 bits per heavy atom. The van der Waals surface area contributed by atoms with Crippen molar-refractivity contribution in [3.05, 3.63) is 47.2 Å². The van der Waals surface area contributed by atoms with Crippen molar-refractivity contribution in [1.29, 1.82) is 0 Å². The summed E-state index contributed by atoms with van der Waals surface area (Å²) in [6.45, 7) is 8.50. The van der Waals surface area contributed by atoms with Gasteiger partial charge >= 0.3 is 0 Å². The summed E-state index contributed by atoms with van der Waals surface area (Å²) >= 11 is 0. The summed E-state index contributed by atoms with van der Waals surface area (Å²) in [5, 5.41) is 9.84. The molecule has 0 aliphatic heterocycles. The van der Waals surface area contributed by atoms with E-state index < -0.39 is 0 Å². The zero-order valence-corrected chi connectivity index (χ0v) is 14.9. The highest BCUT2D eigenvalue weighted by Crippen LogP contribution is 2.22. The molecule has 130 valence electrons. The van der Waals surface area contributed by atoms with Crippen LogP contribution in [0.15, 0.2) is 34.9 Å². The lowest BCUT2D eigenvalue weighted by molar-refractivity contribution is -0.115. The van der Waals surface area contributed by atoms with E-state index in [9.17, 15) is 4.79 Å². The predicted octanol–water partition coefficient (Wildman–Crippen LogP) is 3.86. The molecule has 1 amide bonds. The van der Waals surface area contributed by atoms with E-state index in [-0.39, 0.29) is 18.5 Å². The van der Waals surface area contributed by atoms with E-state index in [1.165, 1.54) is 11.1 Å². The molecule has 2 N–H and O–H groups in total. The van der Waals surface area contributed by atoms with Crippen LogP contribution in [0.25, 0.3) is 0 Å². The molecule has 0 aliphatic rings. The Hall–Kier alpha value is -2.14. The van der Waals surface area contributed by atoms with Gasteiger partial charge in [0.2, 0.25) is 5.91 Å². The molecule has 0 aliphatic carbocycles. The first kappa shape index (κ1) is 18.2. The second-order valence-corrected chi connectivity index (χ2v) is 6.47. The van der Waals surface area contributed by atoms with Gasteiger partial charge in [0.1, 0.15) is 5.76 Å². The molecule has 5 heteroatoms. The van der Waals surface area contributed by atoms with Crippen LogP contribution < -0.4 is 10.6 Å². The molecule has 5 nitrogen and oxygen atoms in total. The third-order valence-corrected chi connectivity index (χ3v) is 3.92. The van der Waals surface area contributed by atoms with E-state index in [2.05, 4.69) is 60.8 Å². The molecule has 2 rings (SSSR count). The van der Waals surface area contributed by atoms with E-state index in [0.29, 0.717) is 17.5 Å². The molecule has 0 saturated carbocycles. The van der Waals surface area contributed by atoms with Crippen molar-refractivity contribution in [1.82, 2.24) is 10.5 Å². The van der Waals surface area contributed by atoms with Crippen LogP contribution in [0.5, 0.6) is 0 Å². The van der Waals surface area contributed by atoms with Gasteiger partial charge in [0.05, 0.1) is 6.54 Å². The lowest BCUT2D eigenvalue weighted by atomic mass is 9.94. The zero-order valence-electron chi connectivity index (χ0n) is 14.9. The van der Waals surface area contributed by atoms with Crippen molar-refractivity contribution in [3.8, 4) is 0 Å². The first-order chi connectivity index (χ1) is 11.5. The second kappa shape index (κ2) is 8.64. The average molecular weight is 329 g/mol. The van der Waals surface area contributed by atoms with Crippen molar-refractivity contribution in [2.75, 3.05) is 11.9 Å². The van der Waals surface area contributed by atoms with E-state index in [0.717, 1.165) is 12.8 Å². The lowest BCUT2D eigenvalue weighted by Gasteiger charge is -2.23. The number of benzene rings is 1. The summed E-state index contributed by atoms with van der Waals surface area (Å²) in [6, 6.07) is 10.5. The SMILES string of the molecule is CCCc1ccc([C@H](NCC(=O)Nc2cc(C)on2)C(C)C)cc1. The van der Waals surface area contributed by atoms with Crippen molar-refractivity contribution in [2.24, 2.45) is 5.92 Å². The van der Waals surface area contributed by atoms with Crippen molar-refractivity contribution in [3.63, 3.8) is 0 Å². The summed E-state index contributed by atoms with van der Waals surface area (Å²) in [4.78, 5) is 12.1. The van der Waals surface area contributed by atoms with Gasteiger partial charge in [0.25, 0.3) is 0 Å². The standard InChI is InChI=1S/C19H27N3O2/c1-5-6-15-7-9-16(10-8-15)19(13(2)3)20-12-18(23)21-17-11-14(4)24-22-17/h7-11,13,19-20H,5-6,12H2,1-4H3,(H,21,22,23)/t19-/m1/s1. The van der Waals surface area contributed by atoms with Gasteiger partial charge in [0, 0.05) is 12.1 Å². The number of carbonyl (C=O) groups is 1. The summed E-state index contributed by atoms with van der Waals surface area (Å²) in [7, 11) is 0. The Balaban J connectivity index is 1.94. The molecule has 2 aromatic rings. The third-order valence-electron chi connectivity index (χ3n) is 3.92. The lowest BCUT2D eigenvalue weighted by Crippen LogP contribution is -2.33. The van der Waals surface area contributed by atoms with Crippen LogP contribution in [0.4, 0.5) is 5.82 Å². The van der Waals surface area contributed by atoms with Gasteiger partial charge in [-0.1, -0.05) is 56.6 Å². The number of rotatable bonds is 8. The van der Waals surface area contributed by atoms with E-state index in [1.54, 1.807) is 13.0 Å². The van der Waals surface area contributed by atoms with Crippen molar-refractivity contribution >= 4 is 11.7 Å². The summed E-state index contributed by atoms with van der Waals surface area (Å²) < 4.78 is 4.94. The maximum Gasteiger partial charge on any atom is 0.239 e. The zero-order chi connectivity index (χ0) is 17.5. The van der Waals surface area contributed by atoms with Crippen molar-refractivity contribution < 1.29 is 9.32 Å². The van der Waals surface area contributed by atoms with Gasteiger partial charge in [-0.05, 0) is 30.4 Å². The predicted molar refractivity (Wildman–Crippen MR) is 95.9 cm³/mol. The first-order valence-electron chi connectivity index (χ1n) is 8.55. The number of hydrogen-bond acceptors (Lipinski definition) is 4. The number of aryl methyl sites for hydroxylation is 2. The van der Waals surface area contributed by atoms with Gasteiger partial charge in [-0.15, -0.1) is 0 Å². The number of hydrogen-bond donors (Lipinski definition) is 2. The number of anilines is 1. The molecule has 0 radical (unpaired) electrons. The maximum absolute atomic E-state index is 12.1. The molecule has 1 atom stereocenters. The minimum atomic E-state index is -0.128. The molecule has 1 aromatic heterocycles. The van der Waals surface area contributed by atoms with Crippen molar-refractivity contribution in [2.45, 2.75) is 46.6 Å². The average Bonchev–Trinajstić information content (AvgIpc) is 2.94. The molecule has 24 heavy (non-hydrogen) atoms. The molecule has 1 heterocycles. The van der Waals surface area contributed by atoms with Crippen LogP contribution in [-0.4, -0.2) is 17.6 Å². The van der Waals surface area contributed by atoms with Gasteiger partial charge in [-0.25, -0.2) is 0 Å². The number of amides is 1. The number of nitrogens with one attached hydrogen (secondary N) is 2. The monoisotopic (exact) mass is 329 g/mol. The summed E-state index contributed by atoms with van der Waals surface area (Å²) in [5.41, 5.74) is 2.55. The Morgan fingerprint density at radius 3 is 2.50 bits per heavy atom. The highest BCUT2D eigenvalue weighted by molar-refractivity contribution is 5.91. The van der Waals surface area contributed by atoms with Crippen LogP contribution >= 0.6 is 0 Å². The fourth-order valence-electron chi connectivity index (χ4n) is 2.73. The second-order valence-electron chi connectivity index (χ2n) is 6.47. The Bertz CT molecular complexity index is 647. The van der Waals surface area contributed by atoms with Crippen LogP contribution in [-0.2, 0) is 11.2 Å². The van der Waals surface area contributed by atoms with Crippen LogP contribution in [0.3, 0.4) is 0 Å². The van der Waals surface area contributed by atoms with Gasteiger partial charge in [-0.2, -0.15) is 0 Å². The third kappa shape index (κ3) is 5.20.